The number of guanidine groups is 1. The number of ether oxygens (including phenoxy) is 1. The molecule has 11 nitrogen and oxygen atoms in total. The molecule has 0 amide bonds. The Hall–Kier alpha value is -3.19. The molecule has 13 heteroatoms. The van der Waals surface area contributed by atoms with Gasteiger partial charge in [-0.15, -0.1) is 0 Å². The van der Waals surface area contributed by atoms with Gasteiger partial charge in [-0.3, -0.25) is 0 Å². The van der Waals surface area contributed by atoms with E-state index in [9.17, 15) is 21.9 Å². The van der Waals surface area contributed by atoms with Crippen LogP contribution in [0.2, 0.25) is 0 Å². The summed E-state index contributed by atoms with van der Waals surface area (Å²) in [5, 5.41) is 13.4. The highest BCUT2D eigenvalue weighted by Crippen LogP contribution is 2.32. The van der Waals surface area contributed by atoms with Crippen LogP contribution in [0.15, 0.2) is 51.3 Å². The molecular formula is C18H23N3O8S2. The van der Waals surface area contributed by atoms with E-state index in [1.807, 2.05) is 0 Å². The Morgan fingerprint density at radius 2 is 1.71 bits per heavy atom. The lowest BCUT2D eigenvalue weighted by atomic mass is 10.2. The highest BCUT2D eigenvalue weighted by Gasteiger charge is 2.21. The van der Waals surface area contributed by atoms with E-state index in [0.29, 0.717) is 12.0 Å². The summed E-state index contributed by atoms with van der Waals surface area (Å²) in [7, 11) is -7.97. The van der Waals surface area contributed by atoms with Gasteiger partial charge in [0.15, 0.2) is 21.3 Å². The average molecular weight is 474 g/mol. The lowest BCUT2D eigenvalue weighted by Crippen LogP contribution is -2.23. The third-order valence-electron chi connectivity index (χ3n) is 3.69. The Morgan fingerprint density at radius 3 is 2.32 bits per heavy atom. The molecule has 0 radical (unpaired) electrons. The van der Waals surface area contributed by atoms with Gasteiger partial charge in [0, 0.05) is 18.7 Å². The van der Waals surface area contributed by atoms with Crippen LogP contribution in [0.1, 0.15) is 12.0 Å². The highest BCUT2D eigenvalue weighted by molar-refractivity contribution is 7.90. The van der Waals surface area contributed by atoms with Crippen LogP contribution in [-0.2, 0) is 24.8 Å². The maximum atomic E-state index is 12.6. The van der Waals surface area contributed by atoms with Crippen molar-refractivity contribution >= 4 is 25.9 Å². The smallest absolute Gasteiger partial charge is 0.339 e. The molecule has 0 aromatic heterocycles. The number of nitrogens with two attached hydrogens (primary N) is 2. The molecule has 0 aliphatic heterocycles. The van der Waals surface area contributed by atoms with E-state index < -0.39 is 20.0 Å². The molecule has 0 unspecified atom stereocenters. The van der Waals surface area contributed by atoms with Crippen molar-refractivity contribution in [2.24, 2.45) is 16.6 Å². The zero-order valence-corrected chi connectivity index (χ0v) is 18.4. The molecule has 31 heavy (non-hydrogen) atoms. The van der Waals surface area contributed by atoms with Crippen molar-refractivity contribution in [3.63, 3.8) is 0 Å². The Morgan fingerprint density at radius 1 is 1.03 bits per heavy atom. The van der Waals surface area contributed by atoms with Crippen molar-refractivity contribution in [2.45, 2.75) is 23.1 Å². The van der Waals surface area contributed by atoms with E-state index in [0.717, 1.165) is 18.4 Å². The molecule has 0 heterocycles. The van der Waals surface area contributed by atoms with Gasteiger partial charge < -0.3 is 30.3 Å². The molecule has 2 aromatic carbocycles. The summed E-state index contributed by atoms with van der Waals surface area (Å²) >= 11 is 0. The molecule has 0 aliphatic carbocycles. The zero-order chi connectivity index (χ0) is 23.2. The number of rotatable bonds is 10. The maximum Gasteiger partial charge on any atom is 0.339 e. The number of hydrogen-bond acceptors (Lipinski definition) is 9. The normalized spacial score (nSPS) is 11.5. The van der Waals surface area contributed by atoms with Crippen molar-refractivity contribution in [1.82, 2.24) is 0 Å². The van der Waals surface area contributed by atoms with Crippen molar-refractivity contribution in [3.8, 4) is 17.2 Å². The van der Waals surface area contributed by atoms with Crippen molar-refractivity contribution in [1.29, 1.82) is 0 Å². The first-order valence-electron chi connectivity index (χ1n) is 8.81. The first kappa shape index (κ1) is 24.1. The molecule has 0 spiro atoms. The van der Waals surface area contributed by atoms with Crippen LogP contribution in [0.5, 0.6) is 17.2 Å². The van der Waals surface area contributed by atoms with E-state index in [4.69, 9.17) is 25.2 Å². The molecule has 2 rings (SSSR count). The highest BCUT2D eigenvalue weighted by atomic mass is 32.2. The summed E-state index contributed by atoms with van der Waals surface area (Å²) in [5.74, 6) is -0.633. The van der Waals surface area contributed by atoms with Crippen LogP contribution < -0.4 is 20.4 Å². The van der Waals surface area contributed by atoms with E-state index in [1.165, 1.54) is 24.3 Å². The van der Waals surface area contributed by atoms with E-state index in [1.54, 1.807) is 6.92 Å². The van der Waals surface area contributed by atoms with Gasteiger partial charge in [0.1, 0.15) is 17.3 Å². The molecule has 0 bridgehead atoms. The number of phenols is 1. The minimum Gasteiger partial charge on any atom is -0.504 e. The standard InChI is InChI=1S/C18H23N3O8S2/c1-12-8-14(30(2,23)24)11-15(9-12)31(25,26)29-13-4-5-17(16(22)10-13)27-6-3-7-28-21-18(19)20/h4-5,8-11,22H,3,6-7H2,1-2H3,(H4,19,20,21). The summed E-state index contributed by atoms with van der Waals surface area (Å²) < 4.78 is 59.1. The quantitative estimate of drug-likeness (QED) is 0.147. The van der Waals surface area contributed by atoms with Crippen LogP contribution in [0.4, 0.5) is 0 Å². The minimum atomic E-state index is -4.35. The molecule has 0 atom stereocenters. The Bertz CT molecular complexity index is 1170. The minimum absolute atomic E-state index is 0.0986. The lowest BCUT2D eigenvalue weighted by Gasteiger charge is -2.11. The Labute approximate surface area is 180 Å². The second-order valence-corrected chi connectivity index (χ2v) is 10.0. The summed E-state index contributed by atoms with van der Waals surface area (Å²) in [6.45, 7) is 1.92. The number of aryl methyl sites for hydroxylation is 1. The average Bonchev–Trinajstić information content (AvgIpc) is 2.64. The fourth-order valence-electron chi connectivity index (χ4n) is 2.34. The number of sulfone groups is 1. The predicted molar refractivity (Wildman–Crippen MR) is 112 cm³/mol. The molecule has 0 saturated carbocycles. The largest absolute Gasteiger partial charge is 0.504 e. The summed E-state index contributed by atoms with van der Waals surface area (Å²) in [4.78, 5) is 4.31. The third-order valence-corrected chi connectivity index (χ3v) is 6.00. The summed E-state index contributed by atoms with van der Waals surface area (Å²) in [5.41, 5.74) is 10.6. The van der Waals surface area contributed by atoms with E-state index >= 15 is 0 Å². The van der Waals surface area contributed by atoms with Crippen molar-refractivity contribution in [3.05, 3.63) is 42.0 Å². The molecule has 5 N–H and O–H groups in total. The number of aromatic hydroxyl groups is 1. The van der Waals surface area contributed by atoms with E-state index in [-0.39, 0.29) is 46.2 Å². The van der Waals surface area contributed by atoms with Gasteiger partial charge in [-0.2, -0.15) is 8.42 Å². The topological polar surface area (TPSA) is 181 Å². The molecule has 0 fully saturated rings. The molecule has 2 aromatic rings. The molecular weight excluding hydrogens is 450 g/mol. The molecule has 170 valence electrons. The van der Waals surface area contributed by atoms with Crippen LogP contribution >= 0.6 is 0 Å². The van der Waals surface area contributed by atoms with Crippen molar-refractivity contribution in [2.75, 3.05) is 19.5 Å². The molecule has 0 saturated heterocycles. The number of hydrogen-bond donors (Lipinski definition) is 3. The van der Waals surface area contributed by atoms with Gasteiger partial charge >= 0.3 is 10.1 Å². The van der Waals surface area contributed by atoms with Gasteiger partial charge in [0.2, 0.25) is 5.96 Å². The van der Waals surface area contributed by atoms with Gasteiger partial charge in [-0.1, -0.05) is 0 Å². The Balaban J connectivity index is 2.09. The third kappa shape index (κ3) is 7.22. The van der Waals surface area contributed by atoms with Crippen LogP contribution in [0.3, 0.4) is 0 Å². The number of benzene rings is 2. The second kappa shape index (κ2) is 9.75. The fourth-order valence-corrected chi connectivity index (χ4v) is 4.21. The van der Waals surface area contributed by atoms with Crippen molar-refractivity contribution < 1.29 is 35.7 Å². The second-order valence-electron chi connectivity index (χ2n) is 6.47. The fraction of sp³-hybridized carbons (Fsp3) is 0.278. The maximum absolute atomic E-state index is 12.6. The first-order valence-corrected chi connectivity index (χ1v) is 12.1. The van der Waals surface area contributed by atoms with E-state index in [2.05, 4.69) is 5.16 Å². The monoisotopic (exact) mass is 473 g/mol. The zero-order valence-electron chi connectivity index (χ0n) is 16.8. The SMILES string of the molecule is Cc1cc(S(C)(=O)=O)cc(S(=O)(=O)Oc2ccc(OCCCON=C(N)N)c(O)c2)c1. The van der Waals surface area contributed by atoms with Gasteiger partial charge in [-0.25, -0.2) is 8.42 Å². The predicted octanol–water partition coefficient (Wildman–Crippen LogP) is 0.846. The van der Waals surface area contributed by atoms with Crippen LogP contribution in [-0.4, -0.2) is 47.4 Å². The molecule has 0 aliphatic rings. The summed E-state index contributed by atoms with van der Waals surface area (Å²) in [6.07, 6.45) is 1.39. The first-order chi connectivity index (χ1) is 14.4. The number of nitrogens with zero attached hydrogens (tertiary/aromatic N) is 1. The van der Waals surface area contributed by atoms with Gasteiger partial charge in [-0.05, 0) is 48.0 Å². The summed E-state index contributed by atoms with van der Waals surface area (Å²) in [6, 6.07) is 7.33. The van der Waals surface area contributed by atoms with Crippen LogP contribution in [0, 0.1) is 6.92 Å². The number of phenolic OH excluding ortho intramolecular Hbond substituents is 1. The number of oxime groups is 1. The van der Waals surface area contributed by atoms with Gasteiger partial charge in [0.05, 0.1) is 11.5 Å². The van der Waals surface area contributed by atoms with Gasteiger partial charge in [0.25, 0.3) is 0 Å². The Kier molecular flexibility index (Phi) is 7.57. The lowest BCUT2D eigenvalue weighted by molar-refractivity contribution is 0.126. The van der Waals surface area contributed by atoms with Crippen LogP contribution in [0.25, 0.3) is 0 Å².